The minimum atomic E-state index is -0.234. The van der Waals surface area contributed by atoms with Crippen LogP contribution < -0.4 is 5.73 Å². The van der Waals surface area contributed by atoms with Crippen molar-refractivity contribution in [1.29, 1.82) is 0 Å². The molecule has 1 aromatic heterocycles. The van der Waals surface area contributed by atoms with Crippen molar-refractivity contribution in [2.45, 2.75) is 25.2 Å². The molecule has 5 heteroatoms. The number of nitrogens with zero attached hydrogens (tertiary/aromatic N) is 1. The van der Waals surface area contributed by atoms with E-state index in [0.717, 1.165) is 33.6 Å². The standard InChI is InChI=1S/C14H14BrFN2S/c15-11-5-4-9(16)6-10(11)14-18-13-8(7-17)2-1-3-12(13)19-14/h4-6,8H,1-3,7,17H2. The van der Waals surface area contributed by atoms with Gasteiger partial charge in [0.2, 0.25) is 0 Å². The van der Waals surface area contributed by atoms with Gasteiger partial charge in [-0.15, -0.1) is 11.3 Å². The van der Waals surface area contributed by atoms with Crippen LogP contribution in [0.2, 0.25) is 0 Å². The number of fused-ring (bicyclic) bond motifs is 1. The summed E-state index contributed by atoms with van der Waals surface area (Å²) in [7, 11) is 0. The predicted molar refractivity (Wildman–Crippen MR) is 79.9 cm³/mol. The monoisotopic (exact) mass is 340 g/mol. The van der Waals surface area contributed by atoms with Gasteiger partial charge >= 0.3 is 0 Å². The highest BCUT2D eigenvalue weighted by Crippen LogP contribution is 2.39. The Balaban J connectivity index is 2.07. The lowest BCUT2D eigenvalue weighted by atomic mass is 9.91. The van der Waals surface area contributed by atoms with Crippen LogP contribution in [0.25, 0.3) is 10.6 Å². The first-order valence-electron chi connectivity index (χ1n) is 6.34. The maximum Gasteiger partial charge on any atom is 0.125 e. The molecule has 19 heavy (non-hydrogen) atoms. The molecule has 1 aliphatic rings. The fraction of sp³-hybridized carbons (Fsp3) is 0.357. The van der Waals surface area contributed by atoms with Crippen LogP contribution in [0, 0.1) is 5.82 Å². The average Bonchev–Trinajstić information content (AvgIpc) is 2.85. The maximum absolute atomic E-state index is 13.4. The predicted octanol–water partition coefficient (Wildman–Crippen LogP) is 4.09. The molecule has 2 nitrogen and oxygen atoms in total. The lowest BCUT2D eigenvalue weighted by Crippen LogP contribution is -2.17. The van der Waals surface area contributed by atoms with Gasteiger partial charge in [-0.25, -0.2) is 9.37 Å². The van der Waals surface area contributed by atoms with E-state index < -0.39 is 0 Å². The topological polar surface area (TPSA) is 38.9 Å². The van der Waals surface area contributed by atoms with Crippen molar-refractivity contribution < 1.29 is 4.39 Å². The Bertz CT molecular complexity index is 611. The second-order valence-electron chi connectivity index (χ2n) is 4.78. The Morgan fingerprint density at radius 2 is 2.32 bits per heavy atom. The Hall–Kier alpha value is -0.780. The van der Waals surface area contributed by atoms with Gasteiger partial charge in [0, 0.05) is 27.4 Å². The molecule has 1 heterocycles. The van der Waals surface area contributed by atoms with Crippen molar-refractivity contribution in [1.82, 2.24) is 4.98 Å². The fourth-order valence-electron chi connectivity index (χ4n) is 2.51. The van der Waals surface area contributed by atoms with Crippen LogP contribution in [0.5, 0.6) is 0 Å². The van der Waals surface area contributed by atoms with E-state index in [-0.39, 0.29) is 5.82 Å². The second-order valence-corrected chi connectivity index (χ2v) is 6.71. The fourth-order valence-corrected chi connectivity index (χ4v) is 4.30. The third-order valence-corrected chi connectivity index (χ3v) is 5.37. The van der Waals surface area contributed by atoms with Crippen LogP contribution in [0.3, 0.4) is 0 Å². The highest BCUT2D eigenvalue weighted by atomic mass is 79.9. The van der Waals surface area contributed by atoms with Gasteiger partial charge in [-0.1, -0.05) is 15.9 Å². The number of aromatic nitrogens is 1. The van der Waals surface area contributed by atoms with E-state index in [0.29, 0.717) is 12.5 Å². The summed E-state index contributed by atoms with van der Waals surface area (Å²) in [4.78, 5) is 6.03. The summed E-state index contributed by atoms with van der Waals surface area (Å²) in [6.45, 7) is 0.639. The largest absolute Gasteiger partial charge is 0.330 e. The Morgan fingerprint density at radius 3 is 3.11 bits per heavy atom. The molecule has 0 fully saturated rings. The molecule has 3 rings (SSSR count). The molecule has 100 valence electrons. The lowest BCUT2D eigenvalue weighted by molar-refractivity contribution is 0.554. The number of hydrogen-bond acceptors (Lipinski definition) is 3. The highest BCUT2D eigenvalue weighted by Gasteiger charge is 2.24. The lowest BCUT2D eigenvalue weighted by Gasteiger charge is -2.18. The zero-order chi connectivity index (χ0) is 13.4. The highest BCUT2D eigenvalue weighted by molar-refractivity contribution is 9.10. The van der Waals surface area contributed by atoms with E-state index in [9.17, 15) is 4.39 Å². The van der Waals surface area contributed by atoms with Crippen molar-refractivity contribution in [3.63, 3.8) is 0 Å². The van der Waals surface area contributed by atoms with Crippen LogP contribution in [-0.2, 0) is 6.42 Å². The minimum Gasteiger partial charge on any atom is -0.330 e. The Kier molecular flexibility index (Phi) is 3.69. The summed E-state index contributed by atoms with van der Waals surface area (Å²) in [5, 5.41) is 0.886. The van der Waals surface area contributed by atoms with Crippen LogP contribution in [-0.4, -0.2) is 11.5 Å². The average molecular weight is 341 g/mol. The van der Waals surface area contributed by atoms with Crippen LogP contribution in [0.1, 0.15) is 29.3 Å². The van der Waals surface area contributed by atoms with Crippen molar-refractivity contribution in [2.24, 2.45) is 5.73 Å². The molecule has 0 aliphatic heterocycles. The molecule has 0 saturated carbocycles. The number of nitrogens with two attached hydrogens (primary N) is 1. The quantitative estimate of drug-likeness (QED) is 0.894. The Morgan fingerprint density at radius 1 is 1.47 bits per heavy atom. The Labute approximate surface area is 124 Å². The van der Waals surface area contributed by atoms with E-state index in [4.69, 9.17) is 10.7 Å². The number of thiazole rings is 1. The third kappa shape index (κ3) is 2.47. The number of aryl methyl sites for hydroxylation is 1. The molecule has 1 atom stereocenters. The van der Waals surface area contributed by atoms with Crippen LogP contribution in [0.15, 0.2) is 22.7 Å². The molecule has 0 saturated heterocycles. The van der Waals surface area contributed by atoms with E-state index in [1.54, 1.807) is 17.4 Å². The number of benzene rings is 1. The van der Waals surface area contributed by atoms with Crippen molar-refractivity contribution in [3.8, 4) is 10.6 Å². The van der Waals surface area contributed by atoms with Gasteiger partial charge in [-0.3, -0.25) is 0 Å². The molecular weight excluding hydrogens is 327 g/mol. The van der Waals surface area contributed by atoms with E-state index >= 15 is 0 Å². The van der Waals surface area contributed by atoms with Gasteiger partial charge < -0.3 is 5.73 Å². The summed E-state index contributed by atoms with van der Waals surface area (Å²) in [6, 6.07) is 4.71. The molecule has 0 bridgehead atoms. The summed E-state index contributed by atoms with van der Waals surface area (Å²) in [6.07, 6.45) is 3.34. The van der Waals surface area contributed by atoms with Gasteiger partial charge in [0.15, 0.2) is 0 Å². The van der Waals surface area contributed by atoms with Gasteiger partial charge in [-0.05, 0) is 37.5 Å². The van der Waals surface area contributed by atoms with Crippen molar-refractivity contribution in [3.05, 3.63) is 39.1 Å². The van der Waals surface area contributed by atoms with Crippen molar-refractivity contribution >= 4 is 27.3 Å². The first-order chi connectivity index (χ1) is 9.19. The third-order valence-electron chi connectivity index (χ3n) is 3.51. The second kappa shape index (κ2) is 5.31. The van der Waals surface area contributed by atoms with E-state index in [1.165, 1.54) is 23.4 Å². The molecule has 2 N–H and O–H groups in total. The van der Waals surface area contributed by atoms with Gasteiger partial charge in [0.1, 0.15) is 10.8 Å². The SMILES string of the molecule is NCC1CCCc2sc(-c3cc(F)ccc3Br)nc21. The minimum absolute atomic E-state index is 0.234. The molecule has 2 aromatic rings. The van der Waals surface area contributed by atoms with Gasteiger partial charge in [0.25, 0.3) is 0 Å². The van der Waals surface area contributed by atoms with Crippen LogP contribution >= 0.6 is 27.3 Å². The molecule has 0 amide bonds. The molecule has 1 aromatic carbocycles. The summed E-state index contributed by atoms with van der Waals surface area (Å²) < 4.78 is 14.3. The molecule has 1 aliphatic carbocycles. The van der Waals surface area contributed by atoms with Crippen LogP contribution in [0.4, 0.5) is 4.39 Å². The summed E-state index contributed by atoms with van der Waals surface area (Å²) in [5.41, 5.74) is 7.77. The molecular formula is C14H14BrFN2S. The van der Waals surface area contributed by atoms with E-state index in [2.05, 4.69) is 15.9 Å². The normalized spacial score (nSPS) is 18.4. The van der Waals surface area contributed by atoms with Crippen molar-refractivity contribution in [2.75, 3.05) is 6.54 Å². The zero-order valence-corrected chi connectivity index (χ0v) is 12.7. The molecule has 0 spiro atoms. The molecule has 0 radical (unpaired) electrons. The maximum atomic E-state index is 13.4. The smallest absolute Gasteiger partial charge is 0.125 e. The van der Waals surface area contributed by atoms with Gasteiger partial charge in [-0.2, -0.15) is 0 Å². The molecule has 1 unspecified atom stereocenters. The summed E-state index contributed by atoms with van der Waals surface area (Å²) in [5.74, 6) is 0.128. The first-order valence-corrected chi connectivity index (χ1v) is 7.95. The van der Waals surface area contributed by atoms with Gasteiger partial charge in [0.05, 0.1) is 5.69 Å². The summed E-state index contributed by atoms with van der Waals surface area (Å²) >= 11 is 5.14. The number of hydrogen-bond donors (Lipinski definition) is 1. The zero-order valence-electron chi connectivity index (χ0n) is 10.3. The number of rotatable bonds is 2. The van der Waals surface area contributed by atoms with E-state index in [1.807, 2.05) is 0 Å². The number of halogens is 2. The first kappa shape index (κ1) is 13.2.